The minimum absolute atomic E-state index is 0.0768. The molecule has 76 heavy (non-hydrogen) atoms. The molecule has 1 unspecified atom stereocenters. The lowest BCUT2D eigenvalue weighted by molar-refractivity contribution is -0.167. The van der Waals surface area contributed by atoms with Crippen LogP contribution in [-0.4, -0.2) is 37.2 Å². The van der Waals surface area contributed by atoms with E-state index in [-0.39, 0.29) is 31.1 Å². The maximum absolute atomic E-state index is 12.9. The van der Waals surface area contributed by atoms with E-state index in [9.17, 15) is 14.4 Å². The first-order chi connectivity index (χ1) is 37.5. The van der Waals surface area contributed by atoms with E-state index < -0.39 is 6.10 Å². The van der Waals surface area contributed by atoms with Gasteiger partial charge in [-0.05, 0) is 109 Å². The summed E-state index contributed by atoms with van der Waals surface area (Å²) in [6, 6.07) is 0. The van der Waals surface area contributed by atoms with Crippen molar-refractivity contribution >= 4 is 17.9 Å². The van der Waals surface area contributed by atoms with E-state index in [1.165, 1.54) is 231 Å². The van der Waals surface area contributed by atoms with Crippen LogP contribution in [-0.2, 0) is 28.6 Å². The van der Waals surface area contributed by atoms with Crippen molar-refractivity contribution in [3.05, 3.63) is 60.8 Å². The van der Waals surface area contributed by atoms with Crippen molar-refractivity contribution in [3.8, 4) is 0 Å². The van der Waals surface area contributed by atoms with E-state index in [2.05, 4.69) is 81.5 Å². The predicted molar refractivity (Wildman–Crippen MR) is 330 cm³/mol. The molecule has 1 atom stereocenters. The van der Waals surface area contributed by atoms with Gasteiger partial charge in [-0.3, -0.25) is 14.4 Å². The Morgan fingerprint density at radius 1 is 0.263 bits per heavy atom. The summed E-state index contributed by atoms with van der Waals surface area (Å²) in [4.78, 5) is 38.3. The molecule has 0 heterocycles. The van der Waals surface area contributed by atoms with Gasteiger partial charge < -0.3 is 14.2 Å². The Morgan fingerprint density at radius 2 is 0.474 bits per heavy atom. The average molecular weight is 1060 g/mol. The van der Waals surface area contributed by atoms with Crippen molar-refractivity contribution < 1.29 is 28.6 Å². The first-order valence-electron chi connectivity index (χ1n) is 33.3. The Hall–Kier alpha value is -2.89. The summed E-state index contributed by atoms with van der Waals surface area (Å²) in [6.45, 7) is 6.63. The monoisotopic (exact) mass is 1060 g/mol. The zero-order valence-electron chi connectivity index (χ0n) is 50.8. The van der Waals surface area contributed by atoms with Gasteiger partial charge in [-0.2, -0.15) is 0 Å². The van der Waals surface area contributed by atoms with Crippen LogP contribution in [0.1, 0.15) is 348 Å². The van der Waals surface area contributed by atoms with Crippen LogP contribution in [0.4, 0.5) is 0 Å². The maximum atomic E-state index is 12.9. The third-order valence-electron chi connectivity index (χ3n) is 14.7. The Kier molecular flexibility index (Phi) is 62.2. The number of unbranched alkanes of at least 4 members (excludes halogenated alkanes) is 40. The summed E-state index contributed by atoms with van der Waals surface area (Å²) in [6.07, 6.45) is 82.3. The van der Waals surface area contributed by atoms with E-state index in [4.69, 9.17) is 14.2 Å². The molecule has 0 aromatic carbocycles. The van der Waals surface area contributed by atoms with Crippen molar-refractivity contribution in [2.45, 2.75) is 354 Å². The predicted octanol–water partition coefficient (Wildman–Crippen LogP) is 22.7. The van der Waals surface area contributed by atoms with Crippen molar-refractivity contribution in [1.82, 2.24) is 0 Å². The number of hydrogen-bond donors (Lipinski definition) is 0. The van der Waals surface area contributed by atoms with Crippen LogP contribution >= 0.6 is 0 Å². The van der Waals surface area contributed by atoms with Crippen molar-refractivity contribution in [2.75, 3.05) is 13.2 Å². The molecule has 0 N–H and O–H groups in total. The fourth-order valence-electron chi connectivity index (χ4n) is 9.68. The van der Waals surface area contributed by atoms with Crippen LogP contribution in [0.3, 0.4) is 0 Å². The van der Waals surface area contributed by atoms with Gasteiger partial charge in [0.1, 0.15) is 13.2 Å². The van der Waals surface area contributed by atoms with Crippen LogP contribution in [0.15, 0.2) is 60.8 Å². The minimum atomic E-state index is -0.780. The zero-order valence-corrected chi connectivity index (χ0v) is 50.8. The number of rotatable bonds is 61. The Bertz CT molecular complexity index is 1360. The van der Waals surface area contributed by atoms with Gasteiger partial charge in [0, 0.05) is 19.3 Å². The van der Waals surface area contributed by atoms with Gasteiger partial charge >= 0.3 is 17.9 Å². The molecule has 0 aliphatic carbocycles. The van der Waals surface area contributed by atoms with Crippen LogP contribution in [0, 0.1) is 0 Å². The van der Waals surface area contributed by atoms with Gasteiger partial charge in [-0.1, -0.05) is 281 Å². The van der Waals surface area contributed by atoms with Crippen molar-refractivity contribution in [2.24, 2.45) is 0 Å². The molecule has 6 nitrogen and oxygen atoms in total. The van der Waals surface area contributed by atoms with E-state index >= 15 is 0 Å². The zero-order chi connectivity index (χ0) is 55.0. The number of hydrogen-bond acceptors (Lipinski definition) is 6. The lowest BCUT2D eigenvalue weighted by Gasteiger charge is -2.18. The molecule has 0 amide bonds. The van der Waals surface area contributed by atoms with Gasteiger partial charge in [-0.15, -0.1) is 0 Å². The Morgan fingerprint density at radius 3 is 0.763 bits per heavy atom. The SMILES string of the molecule is CCCCC/C=C\CCCCCCCC(=O)OCC(COC(=O)CCCCCCCCCCCCCCC/C=C\C/C=C\CCCCCCC)OC(=O)CCCCCCCCCCC/C=C\C/C=C\CCCCCCC. The van der Waals surface area contributed by atoms with Crippen LogP contribution in [0.5, 0.6) is 0 Å². The van der Waals surface area contributed by atoms with Crippen LogP contribution < -0.4 is 0 Å². The molecule has 6 heteroatoms. The quantitative estimate of drug-likeness (QED) is 0.0261. The molecular weight excluding hydrogens is 937 g/mol. The number of allylic oxidation sites excluding steroid dienone is 10. The van der Waals surface area contributed by atoms with Gasteiger partial charge in [0.25, 0.3) is 0 Å². The minimum Gasteiger partial charge on any atom is -0.462 e. The molecule has 0 saturated heterocycles. The highest BCUT2D eigenvalue weighted by molar-refractivity contribution is 5.71. The molecule has 0 aromatic heterocycles. The average Bonchev–Trinajstić information content (AvgIpc) is 3.42. The maximum Gasteiger partial charge on any atom is 0.306 e. The summed E-state index contributed by atoms with van der Waals surface area (Å²) >= 11 is 0. The summed E-state index contributed by atoms with van der Waals surface area (Å²) in [5.74, 6) is -0.874. The first kappa shape index (κ1) is 73.1. The molecule has 0 fully saturated rings. The van der Waals surface area contributed by atoms with E-state index in [0.717, 1.165) is 77.0 Å². The summed E-state index contributed by atoms with van der Waals surface area (Å²) in [5.41, 5.74) is 0. The summed E-state index contributed by atoms with van der Waals surface area (Å²) in [5, 5.41) is 0. The molecule has 0 radical (unpaired) electrons. The lowest BCUT2D eigenvalue weighted by atomic mass is 10.0. The third kappa shape index (κ3) is 62.0. The van der Waals surface area contributed by atoms with Crippen molar-refractivity contribution in [1.29, 1.82) is 0 Å². The molecule has 0 aliphatic rings. The van der Waals surface area contributed by atoms with E-state index in [1.807, 2.05) is 0 Å². The molecule has 0 spiro atoms. The highest BCUT2D eigenvalue weighted by Crippen LogP contribution is 2.17. The number of carbonyl (C=O) groups excluding carboxylic acids is 3. The fourth-order valence-corrected chi connectivity index (χ4v) is 9.68. The van der Waals surface area contributed by atoms with Crippen molar-refractivity contribution in [3.63, 3.8) is 0 Å². The van der Waals surface area contributed by atoms with Gasteiger partial charge in [0.05, 0.1) is 0 Å². The normalized spacial score (nSPS) is 12.4. The molecule has 442 valence electrons. The molecule has 0 aliphatic heterocycles. The molecule has 0 aromatic rings. The van der Waals surface area contributed by atoms with Crippen LogP contribution in [0.25, 0.3) is 0 Å². The number of esters is 3. The topological polar surface area (TPSA) is 78.9 Å². The third-order valence-corrected chi connectivity index (χ3v) is 14.7. The second kappa shape index (κ2) is 64.6. The summed E-state index contributed by atoms with van der Waals surface area (Å²) in [7, 11) is 0. The van der Waals surface area contributed by atoms with Gasteiger partial charge in [-0.25, -0.2) is 0 Å². The molecule has 0 bridgehead atoms. The Labute approximate surface area is 472 Å². The first-order valence-corrected chi connectivity index (χ1v) is 33.3. The molecule has 0 rings (SSSR count). The van der Waals surface area contributed by atoms with Gasteiger partial charge in [0.15, 0.2) is 6.10 Å². The highest BCUT2D eigenvalue weighted by Gasteiger charge is 2.19. The fraction of sp³-hybridized carbons (Fsp3) is 0.814. The second-order valence-electron chi connectivity index (χ2n) is 22.4. The summed E-state index contributed by atoms with van der Waals surface area (Å²) < 4.78 is 16.9. The van der Waals surface area contributed by atoms with E-state index in [0.29, 0.717) is 19.3 Å². The second-order valence-corrected chi connectivity index (χ2v) is 22.4. The van der Waals surface area contributed by atoms with Crippen LogP contribution in [0.2, 0.25) is 0 Å². The highest BCUT2D eigenvalue weighted by atomic mass is 16.6. The van der Waals surface area contributed by atoms with Gasteiger partial charge in [0.2, 0.25) is 0 Å². The largest absolute Gasteiger partial charge is 0.462 e. The Balaban J connectivity index is 4.27. The lowest BCUT2D eigenvalue weighted by Crippen LogP contribution is -2.30. The standard InChI is InChI=1S/C70H126O6/c1-4-7-10-13-16-19-22-25-27-29-31-33-34-35-36-38-39-41-43-45-48-51-54-57-60-63-69(72)75-66-67(65-74-68(71)62-59-56-53-50-47-24-21-18-15-12-9-6-3)76-70(73)64-61-58-55-52-49-46-44-42-40-37-32-30-28-26-23-20-17-14-11-8-5-2/h18,21-23,25-26,29-32,67H,4-17,19-20,24,27-28,33-66H2,1-3H3/b21-18-,25-22-,26-23-,31-29-,32-30-. The smallest absolute Gasteiger partial charge is 0.306 e. The number of carbonyl (C=O) groups is 3. The molecular formula is C70H126O6. The number of ether oxygens (including phenoxy) is 3. The van der Waals surface area contributed by atoms with E-state index in [1.54, 1.807) is 0 Å². The molecule has 0 saturated carbocycles.